The number of ether oxygens (including phenoxy) is 1. The zero-order chi connectivity index (χ0) is 23.0. The minimum atomic E-state index is -0.991. The Kier molecular flexibility index (Phi) is 5.31. The average Bonchev–Trinajstić information content (AvgIpc) is 3.16. The largest absolute Gasteiger partial charge is 0.496 e. The monoisotopic (exact) mass is 431 g/mol. The molecule has 2 aromatic carbocycles. The molecule has 0 atom stereocenters. The number of rotatable bonds is 6. The third-order valence-electron chi connectivity index (χ3n) is 5.16. The molecule has 0 saturated carbocycles. The van der Waals surface area contributed by atoms with Crippen molar-refractivity contribution in [1.82, 2.24) is 19.6 Å². The van der Waals surface area contributed by atoms with Crippen molar-refractivity contribution in [2.45, 2.75) is 20.3 Å². The Morgan fingerprint density at radius 1 is 1.16 bits per heavy atom. The Morgan fingerprint density at radius 3 is 2.59 bits per heavy atom. The third-order valence-corrected chi connectivity index (χ3v) is 5.16. The minimum absolute atomic E-state index is 0.174. The van der Waals surface area contributed by atoms with Gasteiger partial charge in [-0.2, -0.15) is 0 Å². The summed E-state index contributed by atoms with van der Waals surface area (Å²) in [5.41, 5.74) is 10.1. The van der Waals surface area contributed by atoms with E-state index in [9.17, 15) is 14.7 Å². The number of methoxy groups -OCH3 is 1. The van der Waals surface area contributed by atoms with Crippen molar-refractivity contribution < 1.29 is 19.4 Å². The van der Waals surface area contributed by atoms with Crippen LogP contribution in [0.2, 0.25) is 0 Å². The Balaban J connectivity index is 1.91. The molecule has 0 aliphatic rings. The number of hydrogen-bond acceptors (Lipinski definition) is 7. The van der Waals surface area contributed by atoms with E-state index in [4.69, 9.17) is 10.5 Å². The number of carboxylic acid groups (broad SMARTS) is 1. The van der Waals surface area contributed by atoms with E-state index < -0.39 is 5.97 Å². The van der Waals surface area contributed by atoms with Crippen LogP contribution in [0.3, 0.4) is 0 Å². The molecule has 9 nitrogen and oxygen atoms in total. The maximum absolute atomic E-state index is 12.2. The normalized spacial score (nSPS) is 12.1. The van der Waals surface area contributed by atoms with E-state index in [1.807, 2.05) is 10.5 Å². The van der Waals surface area contributed by atoms with Gasteiger partial charge in [0, 0.05) is 29.3 Å². The molecule has 0 aliphatic carbocycles. The fourth-order valence-electron chi connectivity index (χ4n) is 3.80. The maximum Gasteiger partial charge on any atom is 0.335 e. The SMILES string of the molecule is COc1cc2c(cc1C(C(C)=O)=C(C)N)ncc1nnc(Cc3cccc(C(=O)O)c3)n12. The van der Waals surface area contributed by atoms with Gasteiger partial charge in [0.05, 0.1) is 29.9 Å². The third kappa shape index (κ3) is 3.64. The van der Waals surface area contributed by atoms with Gasteiger partial charge in [-0.3, -0.25) is 14.2 Å². The number of benzene rings is 2. The van der Waals surface area contributed by atoms with Crippen LogP contribution in [0, 0.1) is 0 Å². The molecule has 32 heavy (non-hydrogen) atoms. The smallest absolute Gasteiger partial charge is 0.335 e. The molecule has 0 spiro atoms. The van der Waals surface area contributed by atoms with Crippen LogP contribution in [-0.4, -0.2) is 43.6 Å². The van der Waals surface area contributed by atoms with Gasteiger partial charge >= 0.3 is 5.97 Å². The summed E-state index contributed by atoms with van der Waals surface area (Å²) in [6, 6.07) is 10.2. The van der Waals surface area contributed by atoms with E-state index in [-0.39, 0.29) is 11.3 Å². The van der Waals surface area contributed by atoms with Gasteiger partial charge in [-0.25, -0.2) is 4.79 Å². The molecule has 0 aliphatic heterocycles. The Labute approximate surface area is 183 Å². The lowest BCUT2D eigenvalue weighted by Crippen LogP contribution is -2.07. The first-order valence-corrected chi connectivity index (χ1v) is 9.80. The molecule has 4 rings (SSSR count). The number of carbonyl (C=O) groups excluding carboxylic acids is 1. The van der Waals surface area contributed by atoms with Gasteiger partial charge in [0.2, 0.25) is 0 Å². The van der Waals surface area contributed by atoms with Crippen molar-refractivity contribution in [3.8, 4) is 5.75 Å². The van der Waals surface area contributed by atoms with Crippen molar-refractivity contribution in [3.05, 3.63) is 70.8 Å². The fraction of sp³-hybridized carbons (Fsp3) is 0.174. The van der Waals surface area contributed by atoms with E-state index in [0.29, 0.717) is 51.5 Å². The van der Waals surface area contributed by atoms with E-state index in [1.165, 1.54) is 14.0 Å². The number of aromatic carboxylic acids is 1. The van der Waals surface area contributed by atoms with Gasteiger partial charge in [-0.05, 0) is 37.6 Å². The first-order chi connectivity index (χ1) is 15.3. The quantitative estimate of drug-likeness (QED) is 0.445. The van der Waals surface area contributed by atoms with Gasteiger partial charge in [-0.15, -0.1) is 10.2 Å². The summed E-state index contributed by atoms with van der Waals surface area (Å²) in [6.45, 7) is 3.12. The van der Waals surface area contributed by atoms with Gasteiger partial charge < -0.3 is 15.6 Å². The van der Waals surface area contributed by atoms with E-state index in [0.717, 1.165) is 5.56 Å². The molecule has 0 fully saturated rings. The number of fused-ring (bicyclic) bond motifs is 3. The van der Waals surface area contributed by atoms with Crippen LogP contribution in [0.4, 0.5) is 0 Å². The predicted molar refractivity (Wildman–Crippen MR) is 119 cm³/mol. The lowest BCUT2D eigenvalue weighted by atomic mass is 9.98. The second-order valence-electron chi connectivity index (χ2n) is 7.41. The van der Waals surface area contributed by atoms with Crippen LogP contribution in [-0.2, 0) is 11.2 Å². The molecule has 4 aromatic rings. The first-order valence-electron chi connectivity index (χ1n) is 9.80. The average molecular weight is 431 g/mol. The van der Waals surface area contributed by atoms with Crippen LogP contribution in [0.5, 0.6) is 5.75 Å². The fourth-order valence-corrected chi connectivity index (χ4v) is 3.80. The van der Waals surface area contributed by atoms with Crippen LogP contribution in [0.25, 0.3) is 22.3 Å². The molecule has 2 heterocycles. The van der Waals surface area contributed by atoms with E-state index >= 15 is 0 Å². The van der Waals surface area contributed by atoms with Crippen molar-refractivity contribution in [1.29, 1.82) is 0 Å². The molecule has 3 N–H and O–H groups in total. The highest BCUT2D eigenvalue weighted by molar-refractivity contribution is 6.21. The van der Waals surface area contributed by atoms with Gasteiger partial charge in [0.15, 0.2) is 11.4 Å². The molecule has 9 heteroatoms. The molecule has 0 unspecified atom stereocenters. The second-order valence-corrected chi connectivity index (χ2v) is 7.41. The molecule has 2 aromatic heterocycles. The van der Waals surface area contributed by atoms with Crippen molar-refractivity contribution in [2.75, 3.05) is 7.11 Å². The number of carboxylic acids is 1. The van der Waals surface area contributed by atoms with E-state index in [1.54, 1.807) is 43.5 Å². The summed E-state index contributed by atoms with van der Waals surface area (Å²) in [6.07, 6.45) is 1.96. The van der Waals surface area contributed by atoms with Crippen LogP contribution in [0.15, 0.2) is 48.3 Å². The molecule has 0 saturated heterocycles. The highest BCUT2D eigenvalue weighted by Crippen LogP contribution is 2.32. The highest BCUT2D eigenvalue weighted by Gasteiger charge is 2.19. The number of nitrogens with two attached hydrogens (primary N) is 1. The number of nitrogens with zero attached hydrogens (tertiary/aromatic N) is 4. The zero-order valence-corrected chi connectivity index (χ0v) is 17.8. The number of hydrogen-bond donors (Lipinski definition) is 2. The van der Waals surface area contributed by atoms with Crippen molar-refractivity contribution in [3.63, 3.8) is 0 Å². The number of aromatic nitrogens is 4. The molecule has 0 radical (unpaired) electrons. The Hall–Kier alpha value is -4.27. The number of ketones is 1. The lowest BCUT2D eigenvalue weighted by molar-refractivity contribution is -0.111. The molecular weight excluding hydrogens is 410 g/mol. The Bertz CT molecular complexity index is 1420. The number of allylic oxidation sites excluding steroid dienone is 2. The van der Waals surface area contributed by atoms with E-state index in [2.05, 4.69) is 15.2 Å². The molecule has 0 amide bonds. The summed E-state index contributed by atoms with van der Waals surface area (Å²) >= 11 is 0. The number of Topliss-reactive ketones (excluding diaryl/α,β-unsaturated/α-hetero) is 1. The lowest BCUT2D eigenvalue weighted by Gasteiger charge is -2.14. The van der Waals surface area contributed by atoms with Crippen LogP contribution < -0.4 is 10.5 Å². The Morgan fingerprint density at radius 2 is 1.94 bits per heavy atom. The van der Waals surface area contributed by atoms with Crippen LogP contribution in [0.1, 0.15) is 41.2 Å². The molecule has 0 bridgehead atoms. The second kappa shape index (κ2) is 8.10. The number of carbonyl (C=O) groups is 2. The van der Waals surface area contributed by atoms with Gasteiger partial charge in [-0.1, -0.05) is 12.1 Å². The van der Waals surface area contributed by atoms with Gasteiger partial charge in [0.1, 0.15) is 11.6 Å². The molecule has 162 valence electrons. The van der Waals surface area contributed by atoms with Crippen LogP contribution >= 0.6 is 0 Å². The topological polar surface area (TPSA) is 133 Å². The highest BCUT2D eigenvalue weighted by atomic mass is 16.5. The zero-order valence-electron chi connectivity index (χ0n) is 17.8. The first kappa shape index (κ1) is 21.0. The summed E-state index contributed by atoms with van der Waals surface area (Å²) in [5.74, 6) is -0.0853. The summed E-state index contributed by atoms with van der Waals surface area (Å²) in [5, 5.41) is 17.8. The summed E-state index contributed by atoms with van der Waals surface area (Å²) < 4.78 is 7.41. The summed E-state index contributed by atoms with van der Waals surface area (Å²) in [4.78, 5) is 28.0. The van der Waals surface area contributed by atoms with Crippen molar-refractivity contribution >= 4 is 34.0 Å². The van der Waals surface area contributed by atoms with Gasteiger partial charge in [0.25, 0.3) is 0 Å². The van der Waals surface area contributed by atoms with Crippen molar-refractivity contribution in [2.24, 2.45) is 5.73 Å². The minimum Gasteiger partial charge on any atom is -0.496 e. The molecular formula is C23H21N5O4. The standard InChI is InChI=1S/C23H21N5O4/c1-12(24)22(13(2)29)16-9-17-18(10-19(16)32-3)28-20(26-27-21(28)11-25-17)8-14-5-4-6-15(7-14)23(30)31/h4-7,9-11H,8,24H2,1-3H3,(H,30,31). The maximum atomic E-state index is 12.2. The summed E-state index contributed by atoms with van der Waals surface area (Å²) in [7, 11) is 1.52. The predicted octanol–water partition coefficient (Wildman–Crippen LogP) is 2.85.